The molecule has 6 nitrogen and oxygen atoms in total. The first-order chi connectivity index (χ1) is 14.7. The second-order valence-electron chi connectivity index (χ2n) is 8.08. The highest BCUT2D eigenvalue weighted by atomic mass is 19.1. The number of aromatic nitrogens is 1. The van der Waals surface area contributed by atoms with E-state index in [1.165, 1.54) is 11.6 Å². The van der Waals surface area contributed by atoms with Crippen LogP contribution in [0.1, 0.15) is 24.1 Å². The number of nitrogens with zero attached hydrogens (tertiary/aromatic N) is 4. The Kier molecular flexibility index (Phi) is 6.58. The molecule has 2 aliphatic rings. The number of halogens is 1. The van der Waals surface area contributed by atoms with E-state index in [0.717, 1.165) is 58.8 Å². The molecule has 1 N–H and O–H groups in total. The highest BCUT2D eigenvalue weighted by Crippen LogP contribution is 2.30. The molecule has 0 unspecified atom stereocenters. The second kappa shape index (κ2) is 9.52. The first-order valence-corrected chi connectivity index (χ1v) is 10.6. The molecular formula is C23H28FN5O. The molecule has 0 amide bonds. The van der Waals surface area contributed by atoms with Crippen molar-refractivity contribution in [1.29, 1.82) is 5.26 Å². The van der Waals surface area contributed by atoms with Crippen molar-refractivity contribution in [2.45, 2.75) is 24.9 Å². The lowest BCUT2D eigenvalue weighted by Crippen LogP contribution is -2.61. The van der Waals surface area contributed by atoms with E-state index in [2.05, 4.69) is 50.4 Å². The minimum atomic E-state index is -0.585. The fraction of sp³-hybridized carbons (Fsp3) is 0.478. The third-order valence-electron chi connectivity index (χ3n) is 6.27. The number of hydrogen-bond donors (Lipinski definition) is 1. The van der Waals surface area contributed by atoms with Gasteiger partial charge in [-0.15, -0.1) is 0 Å². The zero-order chi connectivity index (χ0) is 20.8. The lowest BCUT2D eigenvalue weighted by atomic mass is 9.87. The highest BCUT2D eigenvalue weighted by molar-refractivity contribution is 5.39. The summed E-state index contributed by atoms with van der Waals surface area (Å²) in [5, 5.41) is 12.4. The van der Waals surface area contributed by atoms with Gasteiger partial charge in [0.25, 0.3) is 0 Å². The van der Waals surface area contributed by atoms with Crippen molar-refractivity contribution in [3.63, 3.8) is 0 Å². The molecule has 0 radical (unpaired) electrons. The normalized spacial score (nSPS) is 19.9. The molecule has 158 valence electrons. The monoisotopic (exact) mass is 409 g/mol. The number of piperazine rings is 1. The number of benzene rings is 1. The average Bonchev–Trinajstić information content (AvgIpc) is 2.80. The molecule has 30 heavy (non-hydrogen) atoms. The van der Waals surface area contributed by atoms with Crippen molar-refractivity contribution in [1.82, 2.24) is 14.8 Å². The van der Waals surface area contributed by atoms with Gasteiger partial charge in [-0.1, -0.05) is 30.3 Å². The Labute approximate surface area is 177 Å². The molecule has 2 fully saturated rings. The van der Waals surface area contributed by atoms with Crippen LogP contribution in [0.15, 0.2) is 42.5 Å². The molecule has 1 aromatic carbocycles. The van der Waals surface area contributed by atoms with E-state index >= 15 is 0 Å². The summed E-state index contributed by atoms with van der Waals surface area (Å²) in [7, 11) is 0. The molecule has 0 spiro atoms. The van der Waals surface area contributed by atoms with Crippen LogP contribution in [0, 0.1) is 17.1 Å². The van der Waals surface area contributed by atoms with Crippen molar-refractivity contribution in [2.24, 2.45) is 0 Å². The van der Waals surface area contributed by atoms with Crippen molar-refractivity contribution in [3.05, 3.63) is 59.5 Å². The Morgan fingerprint density at radius 3 is 2.50 bits per heavy atom. The zero-order valence-electron chi connectivity index (χ0n) is 17.2. The molecule has 2 saturated heterocycles. The van der Waals surface area contributed by atoms with Gasteiger partial charge in [0, 0.05) is 58.0 Å². The summed E-state index contributed by atoms with van der Waals surface area (Å²) in [6.07, 6.45) is 1.90. The SMILES string of the molecule is N#Cc1nc(NCC2(N3CCN(Cc4ccccc4)CC3)CCOCC2)ccc1F. The highest BCUT2D eigenvalue weighted by Gasteiger charge is 2.39. The van der Waals surface area contributed by atoms with E-state index < -0.39 is 5.82 Å². The smallest absolute Gasteiger partial charge is 0.178 e. The maximum atomic E-state index is 13.6. The number of anilines is 1. The first-order valence-electron chi connectivity index (χ1n) is 10.6. The van der Waals surface area contributed by atoms with Gasteiger partial charge in [0.05, 0.1) is 0 Å². The van der Waals surface area contributed by atoms with Crippen LogP contribution >= 0.6 is 0 Å². The van der Waals surface area contributed by atoms with Crippen molar-refractivity contribution >= 4 is 5.82 Å². The number of nitriles is 1. The van der Waals surface area contributed by atoms with Crippen LogP contribution in [-0.4, -0.2) is 66.3 Å². The van der Waals surface area contributed by atoms with Crippen LogP contribution in [-0.2, 0) is 11.3 Å². The molecule has 0 bridgehead atoms. The Hall–Kier alpha value is -2.53. The number of ether oxygens (including phenoxy) is 1. The topological polar surface area (TPSA) is 64.4 Å². The lowest BCUT2D eigenvalue weighted by molar-refractivity contribution is -0.0414. The van der Waals surface area contributed by atoms with Crippen molar-refractivity contribution < 1.29 is 9.13 Å². The summed E-state index contributed by atoms with van der Waals surface area (Å²) in [6, 6.07) is 15.3. The van der Waals surface area contributed by atoms with Gasteiger partial charge in [-0.2, -0.15) is 5.26 Å². The van der Waals surface area contributed by atoms with E-state index in [0.29, 0.717) is 12.4 Å². The lowest BCUT2D eigenvalue weighted by Gasteiger charge is -2.49. The quantitative estimate of drug-likeness (QED) is 0.792. The largest absolute Gasteiger partial charge is 0.381 e. The summed E-state index contributed by atoms with van der Waals surface area (Å²) < 4.78 is 19.2. The molecule has 0 saturated carbocycles. The van der Waals surface area contributed by atoms with E-state index in [1.54, 1.807) is 6.07 Å². The summed E-state index contributed by atoms with van der Waals surface area (Å²) in [5.74, 6) is -0.0418. The maximum Gasteiger partial charge on any atom is 0.178 e. The van der Waals surface area contributed by atoms with Gasteiger partial charge in [-0.25, -0.2) is 9.37 Å². The summed E-state index contributed by atoms with van der Waals surface area (Å²) in [6.45, 7) is 7.26. The van der Waals surface area contributed by atoms with Crippen LogP contribution in [0.4, 0.5) is 10.2 Å². The Bertz CT molecular complexity index is 871. The standard InChI is InChI=1S/C23H28FN5O/c24-20-6-7-22(27-21(20)16-25)26-18-23(8-14-30-15-9-23)29-12-10-28(11-13-29)17-19-4-2-1-3-5-19/h1-7H,8-15,17-18H2,(H,26,27). The second-order valence-corrected chi connectivity index (χ2v) is 8.08. The van der Waals surface area contributed by atoms with Crippen LogP contribution in [0.25, 0.3) is 0 Å². The number of hydrogen-bond acceptors (Lipinski definition) is 6. The van der Waals surface area contributed by atoms with Gasteiger partial charge < -0.3 is 10.1 Å². The molecule has 4 rings (SSSR count). The van der Waals surface area contributed by atoms with Gasteiger partial charge >= 0.3 is 0 Å². The maximum absolute atomic E-state index is 13.6. The first kappa shape index (κ1) is 20.7. The van der Waals surface area contributed by atoms with Gasteiger partial charge in [0.2, 0.25) is 0 Å². The predicted octanol–water partition coefficient (Wildman–Crippen LogP) is 2.87. The van der Waals surface area contributed by atoms with Crippen LogP contribution in [0.2, 0.25) is 0 Å². The van der Waals surface area contributed by atoms with Crippen molar-refractivity contribution in [2.75, 3.05) is 51.3 Å². The predicted molar refractivity (Wildman–Crippen MR) is 113 cm³/mol. The van der Waals surface area contributed by atoms with E-state index in [9.17, 15) is 4.39 Å². The Balaban J connectivity index is 1.39. The molecule has 7 heteroatoms. The van der Waals surface area contributed by atoms with Crippen LogP contribution in [0.5, 0.6) is 0 Å². The van der Waals surface area contributed by atoms with E-state index in [4.69, 9.17) is 10.00 Å². The number of rotatable bonds is 6. The molecule has 1 aromatic heterocycles. The molecular weight excluding hydrogens is 381 g/mol. The van der Waals surface area contributed by atoms with Gasteiger partial charge in [0.15, 0.2) is 11.5 Å². The van der Waals surface area contributed by atoms with Crippen molar-refractivity contribution in [3.8, 4) is 6.07 Å². The van der Waals surface area contributed by atoms with Gasteiger partial charge in [-0.3, -0.25) is 9.80 Å². The molecule has 2 aliphatic heterocycles. The Morgan fingerprint density at radius 1 is 1.07 bits per heavy atom. The summed E-state index contributed by atoms with van der Waals surface area (Å²) >= 11 is 0. The fourth-order valence-corrected chi connectivity index (χ4v) is 4.45. The van der Waals surface area contributed by atoms with Gasteiger partial charge in [0.1, 0.15) is 11.9 Å². The molecule has 3 heterocycles. The minimum Gasteiger partial charge on any atom is -0.381 e. The third-order valence-corrected chi connectivity index (χ3v) is 6.27. The summed E-state index contributed by atoms with van der Waals surface area (Å²) in [4.78, 5) is 9.19. The number of pyridine rings is 1. The minimum absolute atomic E-state index is 0.0139. The molecule has 0 atom stereocenters. The molecule has 2 aromatic rings. The fourth-order valence-electron chi connectivity index (χ4n) is 4.45. The average molecular weight is 410 g/mol. The van der Waals surface area contributed by atoms with E-state index in [-0.39, 0.29) is 11.2 Å². The third kappa shape index (κ3) is 4.78. The van der Waals surface area contributed by atoms with Crippen LogP contribution in [0.3, 0.4) is 0 Å². The number of nitrogens with one attached hydrogen (secondary N) is 1. The Morgan fingerprint density at radius 2 is 1.80 bits per heavy atom. The van der Waals surface area contributed by atoms with Crippen LogP contribution < -0.4 is 5.32 Å². The summed E-state index contributed by atoms with van der Waals surface area (Å²) in [5.41, 5.74) is 1.17. The zero-order valence-corrected chi connectivity index (χ0v) is 17.2. The molecule has 0 aliphatic carbocycles. The van der Waals surface area contributed by atoms with E-state index in [1.807, 2.05) is 6.07 Å². The van der Waals surface area contributed by atoms with Gasteiger partial charge in [-0.05, 0) is 30.5 Å².